The van der Waals surface area contributed by atoms with Gasteiger partial charge in [0.2, 0.25) is 5.91 Å². The number of nitrogens with zero attached hydrogens (tertiary/aromatic N) is 4. The summed E-state index contributed by atoms with van der Waals surface area (Å²) in [7, 11) is 0. The Morgan fingerprint density at radius 2 is 1.60 bits per heavy atom. The van der Waals surface area contributed by atoms with Gasteiger partial charge in [0.05, 0.1) is 24.1 Å². The molecule has 0 bridgehead atoms. The van der Waals surface area contributed by atoms with Crippen molar-refractivity contribution in [1.29, 1.82) is 10.8 Å². The highest BCUT2D eigenvalue weighted by Gasteiger charge is 2.28. The van der Waals surface area contributed by atoms with Crippen LogP contribution in [-0.4, -0.2) is 48.9 Å². The van der Waals surface area contributed by atoms with Gasteiger partial charge in [-0.05, 0) is 60.5 Å². The molecule has 45 heavy (non-hydrogen) atoms. The molecule has 10 nitrogen and oxygen atoms in total. The van der Waals surface area contributed by atoms with Gasteiger partial charge in [0.15, 0.2) is 0 Å². The first-order valence-electron chi connectivity index (χ1n) is 14.4. The summed E-state index contributed by atoms with van der Waals surface area (Å²) in [6, 6.07) is 35.0. The summed E-state index contributed by atoms with van der Waals surface area (Å²) in [6.07, 6.45) is 0.843. The first kappa shape index (κ1) is 32.7. The van der Waals surface area contributed by atoms with Crippen molar-refractivity contribution in [3.05, 3.63) is 120 Å². The van der Waals surface area contributed by atoms with Crippen LogP contribution < -0.4 is 20.1 Å². The van der Waals surface area contributed by atoms with Gasteiger partial charge in [0.25, 0.3) is 0 Å². The molecule has 4 aromatic rings. The molecule has 0 saturated heterocycles. The van der Waals surface area contributed by atoms with Crippen molar-refractivity contribution >= 4 is 29.0 Å². The van der Waals surface area contributed by atoms with Crippen molar-refractivity contribution in [1.82, 2.24) is 10.2 Å². The van der Waals surface area contributed by atoms with E-state index in [1.54, 1.807) is 42.5 Å². The van der Waals surface area contributed by atoms with Crippen LogP contribution >= 0.6 is 11.6 Å². The molecule has 0 radical (unpaired) electrons. The molecule has 1 unspecified atom stereocenters. The molecule has 0 aliphatic carbocycles. The topological polar surface area (TPSA) is 135 Å². The number of halogens is 1. The summed E-state index contributed by atoms with van der Waals surface area (Å²) < 4.78 is 12.0. The van der Waals surface area contributed by atoms with Gasteiger partial charge in [-0.25, -0.2) is 0 Å². The predicted octanol–water partition coefficient (Wildman–Crippen LogP) is 6.91. The molecule has 4 rings (SSSR count). The van der Waals surface area contributed by atoms with Crippen molar-refractivity contribution in [2.75, 3.05) is 31.6 Å². The number of hydrogen-bond acceptors (Lipinski definition) is 7. The third-order valence-electron chi connectivity index (χ3n) is 6.68. The number of benzene rings is 4. The number of para-hydroxylation sites is 2. The van der Waals surface area contributed by atoms with E-state index in [1.165, 1.54) is 0 Å². The predicted molar refractivity (Wildman–Crippen MR) is 175 cm³/mol. The molecule has 0 aliphatic rings. The first-order chi connectivity index (χ1) is 22.1. The third-order valence-corrected chi connectivity index (χ3v) is 7.00. The number of nitriles is 1. The minimum absolute atomic E-state index is 0.0252. The van der Waals surface area contributed by atoms with Gasteiger partial charge in [0.1, 0.15) is 35.7 Å². The highest BCUT2D eigenvalue weighted by Crippen LogP contribution is 2.25. The van der Waals surface area contributed by atoms with Crippen molar-refractivity contribution in [3.8, 4) is 23.3 Å². The number of ether oxygens (including phenoxy) is 2. The number of amidine groups is 1. The maximum absolute atomic E-state index is 13.5. The fourth-order valence-corrected chi connectivity index (χ4v) is 4.68. The number of amides is 1. The van der Waals surface area contributed by atoms with Gasteiger partial charge < -0.3 is 20.1 Å². The number of rotatable bonds is 16. The molecular formula is C34H34ClN7O3. The molecule has 0 saturated carbocycles. The molecule has 4 aromatic carbocycles. The highest BCUT2D eigenvalue weighted by molar-refractivity contribution is 6.32. The summed E-state index contributed by atoms with van der Waals surface area (Å²) in [5.41, 5.74) is 9.15. The van der Waals surface area contributed by atoms with Crippen LogP contribution in [0.25, 0.3) is 0 Å². The second-order valence-electron chi connectivity index (χ2n) is 9.87. The minimum atomic E-state index is -0.634. The summed E-state index contributed by atoms with van der Waals surface area (Å²) in [5, 5.41) is 22.9. The van der Waals surface area contributed by atoms with Crippen LogP contribution in [0.15, 0.2) is 120 Å². The van der Waals surface area contributed by atoms with Crippen LogP contribution in [-0.2, 0) is 11.2 Å². The molecule has 0 heterocycles. The highest BCUT2D eigenvalue weighted by atomic mass is 35.5. The van der Waals surface area contributed by atoms with Crippen LogP contribution in [0.3, 0.4) is 0 Å². The van der Waals surface area contributed by atoms with E-state index in [9.17, 15) is 4.79 Å². The number of carbonyl (C=O) groups is 1. The quantitative estimate of drug-likeness (QED) is 0.0408. The molecule has 11 heteroatoms. The zero-order valence-electron chi connectivity index (χ0n) is 24.6. The number of carbonyl (C=O) groups excluding carboxylic acids is 1. The molecular weight excluding hydrogens is 590 g/mol. The zero-order valence-corrected chi connectivity index (χ0v) is 25.4. The summed E-state index contributed by atoms with van der Waals surface area (Å²) >= 11 is 6.36. The van der Waals surface area contributed by atoms with Crippen LogP contribution in [0.2, 0.25) is 5.02 Å². The van der Waals surface area contributed by atoms with E-state index >= 15 is 0 Å². The Morgan fingerprint density at radius 3 is 2.29 bits per heavy atom. The lowest BCUT2D eigenvalue weighted by atomic mass is 10.1. The Bertz CT molecular complexity index is 1580. The summed E-state index contributed by atoms with van der Waals surface area (Å²) in [6.45, 7) is 0.756. The van der Waals surface area contributed by atoms with E-state index in [0.717, 1.165) is 5.56 Å². The van der Waals surface area contributed by atoms with Gasteiger partial charge >= 0.3 is 0 Å². The zero-order chi connectivity index (χ0) is 31.7. The Kier molecular flexibility index (Phi) is 12.9. The van der Waals surface area contributed by atoms with Crippen molar-refractivity contribution in [2.45, 2.75) is 18.9 Å². The lowest BCUT2D eigenvalue weighted by Gasteiger charge is -2.32. The van der Waals surface area contributed by atoms with Crippen molar-refractivity contribution < 1.29 is 14.3 Å². The van der Waals surface area contributed by atoms with Gasteiger partial charge in [-0.3, -0.25) is 9.69 Å². The Hall–Kier alpha value is -5.24. The Morgan fingerprint density at radius 1 is 0.933 bits per heavy atom. The van der Waals surface area contributed by atoms with Crippen LogP contribution in [0.5, 0.6) is 17.2 Å². The molecule has 3 N–H and O–H groups in total. The first-order valence-corrected chi connectivity index (χ1v) is 14.8. The largest absolute Gasteiger partial charge is 0.490 e. The Labute approximate surface area is 267 Å². The van der Waals surface area contributed by atoms with Crippen LogP contribution in [0.1, 0.15) is 12.0 Å². The van der Waals surface area contributed by atoms with Crippen molar-refractivity contribution in [2.24, 2.45) is 10.3 Å². The second-order valence-corrected chi connectivity index (χ2v) is 10.3. The van der Waals surface area contributed by atoms with E-state index in [4.69, 9.17) is 31.9 Å². The van der Waals surface area contributed by atoms with Gasteiger partial charge in [-0.1, -0.05) is 77.5 Å². The van der Waals surface area contributed by atoms with Gasteiger partial charge in [0, 0.05) is 18.8 Å². The average Bonchev–Trinajstić information content (AvgIpc) is 3.06. The lowest BCUT2D eigenvalue weighted by Crippen LogP contribution is -2.53. The fraction of sp³-hybridized carbons (Fsp3) is 0.206. The van der Waals surface area contributed by atoms with E-state index in [0.29, 0.717) is 46.8 Å². The molecule has 230 valence electrons. The smallest absolute Gasteiger partial charge is 0.238 e. The number of anilines is 1. The summed E-state index contributed by atoms with van der Waals surface area (Å²) in [5.74, 6) is 1.86. The SMILES string of the molecule is N#CCCN/C(=N\N=N)C(COc1ccccc1Cl)N(CCc1ccccc1)CC(=O)Nc1ccc(Oc2ccccc2)cc1. The molecule has 0 spiro atoms. The maximum Gasteiger partial charge on any atom is 0.238 e. The molecule has 0 aliphatic heterocycles. The second kappa shape index (κ2) is 17.8. The monoisotopic (exact) mass is 623 g/mol. The van der Waals surface area contributed by atoms with E-state index in [2.05, 4.69) is 27.0 Å². The Balaban J connectivity index is 1.55. The molecule has 0 fully saturated rings. The lowest BCUT2D eigenvalue weighted by molar-refractivity contribution is -0.117. The molecule has 1 atom stereocenters. The van der Waals surface area contributed by atoms with E-state index in [-0.39, 0.29) is 32.0 Å². The van der Waals surface area contributed by atoms with Crippen molar-refractivity contribution in [3.63, 3.8) is 0 Å². The van der Waals surface area contributed by atoms with Crippen LogP contribution in [0.4, 0.5) is 5.69 Å². The average molecular weight is 624 g/mol. The molecule has 0 aromatic heterocycles. The van der Waals surface area contributed by atoms with Gasteiger partial charge in [-0.2, -0.15) is 10.8 Å². The minimum Gasteiger partial charge on any atom is -0.490 e. The fourth-order valence-electron chi connectivity index (χ4n) is 4.49. The number of nitrogens with one attached hydrogen (secondary N) is 3. The third kappa shape index (κ3) is 10.8. The molecule has 1 amide bonds. The normalized spacial score (nSPS) is 11.7. The summed E-state index contributed by atoms with van der Waals surface area (Å²) in [4.78, 5) is 15.4. The van der Waals surface area contributed by atoms with Crippen LogP contribution in [0, 0.1) is 16.9 Å². The van der Waals surface area contributed by atoms with E-state index < -0.39 is 6.04 Å². The maximum atomic E-state index is 13.5. The van der Waals surface area contributed by atoms with E-state index in [1.807, 2.05) is 71.6 Å². The number of hydrogen-bond donors (Lipinski definition) is 3. The van der Waals surface area contributed by atoms with Gasteiger partial charge in [-0.15, -0.1) is 5.10 Å². The standard InChI is InChI=1S/C34H34ClN7O3/c35-30-14-7-8-15-32(30)44-25-31(34(40-41-37)38-22-9-21-36)42(23-20-26-10-3-1-4-11-26)24-33(43)39-27-16-18-29(19-17-27)45-28-12-5-2-6-13-28/h1-8,10-19,31H,9,20,22-25H2,(H,39,43)(H2,37,38,40).